The van der Waals surface area contributed by atoms with Crippen LogP contribution in [0.15, 0.2) is 48.1 Å². The van der Waals surface area contributed by atoms with Gasteiger partial charge in [-0.15, -0.1) is 0 Å². The lowest BCUT2D eigenvalue weighted by Crippen LogP contribution is -2.07. The van der Waals surface area contributed by atoms with Crippen LogP contribution < -0.4 is 5.32 Å². The van der Waals surface area contributed by atoms with Crippen molar-refractivity contribution in [2.75, 3.05) is 5.32 Å². The SMILES string of the molecule is C=C(C)/C=C\C(C)=C\n1nc(C#CC)cc1Nc1nc(C)ccc1C(=O)O. The summed E-state index contributed by atoms with van der Waals surface area (Å²) < 4.78 is 1.62. The van der Waals surface area contributed by atoms with E-state index in [4.69, 9.17) is 0 Å². The Bertz CT molecular complexity index is 1000. The zero-order valence-electron chi connectivity index (χ0n) is 15.9. The molecule has 0 spiro atoms. The number of carboxylic acids is 1. The Morgan fingerprint density at radius 2 is 2.07 bits per heavy atom. The van der Waals surface area contributed by atoms with Crippen LogP contribution in [0, 0.1) is 18.8 Å². The summed E-state index contributed by atoms with van der Waals surface area (Å²) in [5.74, 6) is 5.48. The van der Waals surface area contributed by atoms with E-state index in [2.05, 4.69) is 33.8 Å². The summed E-state index contributed by atoms with van der Waals surface area (Å²) in [6.45, 7) is 11.2. The zero-order valence-corrected chi connectivity index (χ0v) is 15.9. The molecule has 0 amide bonds. The Kier molecular flexibility index (Phi) is 6.34. The smallest absolute Gasteiger partial charge is 0.339 e. The fraction of sp³-hybridized carbons (Fsp3) is 0.190. The number of allylic oxidation sites excluding steroid dienone is 4. The normalized spacial score (nSPS) is 11.2. The van der Waals surface area contributed by atoms with E-state index in [0.29, 0.717) is 17.2 Å². The topological polar surface area (TPSA) is 80.0 Å². The van der Waals surface area contributed by atoms with Gasteiger partial charge in [0, 0.05) is 18.0 Å². The van der Waals surface area contributed by atoms with Crippen LogP contribution in [0.5, 0.6) is 0 Å². The second kappa shape index (κ2) is 8.68. The first-order chi connectivity index (χ1) is 12.8. The van der Waals surface area contributed by atoms with E-state index in [1.165, 1.54) is 6.07 Å². The molecule has 2 rings (SSSR count). The largest absolute Gasteiger partial charge is 0.478 e. The Labute approximate surface area is 158 Å². The van der Waals surface area contributed by atoms with Gasteiger partial charge in [0.15, 0.2) is 0 Å². The van der Waals surface area contributed by atoms with Crippen LogP contribution in [0.3, 0.4) is 0 Å². The van der Waals surface area contributed by atoms with Crippen LogP contribution in [0.25, 0.3) is 6.20 Å². The molecule has 0 aliphatic rings. The lowest BCUT2D eigenvalue weighted by atomic mass is 10.2. The van der Waals surface area contributed by atoms with Gasteiger partial charge >= 0.3 is 5.97 Å². The average molecular weight is 362 g/mol. The van der Waals surface area contributed by atoms with Crippen molar-refractivity contribution in [2.45, 2.75) is 27.7 Å². The number of nitrogens with zero attached hydrogens (tertiary/aromatic N) is 3. The van der Waals surface area contributed by atoms with Gasteiger partial charge in [-0.1, -0.05) is 30.2 Å². The summed E-state index contributed by atoms with van der Waals surface area (Å²) in [5, 5.41) is 16.9. The maximum atomic E-state index is 11.5. The highest BCUT2D eigenvalue weighted by atomic mass is 16.4. The molecule has 0 aliphatic carbocycles. The number of carboxylic acid groups (broad SMARTS) is 1. The third-order valence-electron chi connectivity index (χ3n) is 3.46. The van der Waals surface area contributed by atoms with Crippen LogP contribution in [0.4, 0.5) is 11.6 Å². The molecule has 0 fully saturated rings. The monoisotopic (exact) mass is 362 g/mol. The van der Waals surface area contributed by atoms with Gasteiger partial charge in [-0.25, -0.2) is 14.5 Å². The second-order valence-electron chi connectivity index (χ2n) is 6.07. The van der Waals surface area contributed by atoms with Gasteiger partial charge in [-0.05, 0) is 51.3 Å². The van der Waals surface area contributed by atoms with E-state index in [0.717, 1.165) is 11.1 Å². The van der Waals surface area contributed by atoms with Gasteiger partial charge in [-0.2, -0.15) is 5.10 Å². The summed E-state index contributed by atoms with van der Waals surface area (Å²) in [5.41, 5.74) is 3.24. The third-order valence-corrected chi connectivity index (χ3v) is 3.46. The molecule has 138 valence electrons. The van der Waals surface area contributed by atoms with Crippen LogP contribution in [0.2, 0.25) is 0 Å². The second-order valence-corrected chi connectivity index (χ2v) is 6.07. The number of rotatable bonds is 6. The number of carbonyl (C=O) groups is 1. The highest BCUT2D eigenvalue weighted by Crippen LogP contribution is 2.21. The number of hydrogen-bond donors (Lipinski definition) is 2. The van der Waals surface area contributed by atoms with Gasteiger partial charge in [0.05, 0.1) is 0 Å². The molecule has 0 radical (unpaired) electrons. The molecule has 0 aromatic carbocycles. The molecule has 0 atom stereocenters. The maximum Gasteiger partial charge on any atom is 0.339 e. The molecule has 0 aliphatic heterocycles. The third kappa shape index (κ3) is 5.44. The first-order valence-electron chi connectivity index (χ1n) is 8.32. The zero-order chi connectivity index (χ0) is 20.0. The predicted molar refractivity (Wildman–Crippen MR) is 108 cm³/mol. The standard InChI is InChI=1S/C21H22N4O2/c1-6-7-17-12-19(25(24-17)13-15(4)9-8-14(2)3)23-20-18(21(26)27)11-10-16(5)22-20/h8-13H,2H2,1,3-5H3,(H,22,23)(H,26,27)/b9-8-,15-13+. The van der Waals surface area contributed by atoms with Gasteiger partial charge in [0.2, 0.25) is 0 Å². The Balaban J connectivity index is 2.49. The molecule has 0 saturated carbocycles. The fourth-order valence-corrected chi connectivity index (χ4v) is 2.23. The number of aromatic carboxylic acids is 1. The van der Waals surface area contributed by atoms with Crippen molar-refractivity contribution in [3.05, 3.63) is 65.0 Å². The predicted octanol–water partition coefficient (Wildman–Crippen LogP) is 4.39. The molecular formula is C21H22N4O2. The number of anilines is 2. The lowest BCUT2D eigenvalue weighted by molar-refractivity contribution is 0.0697. The fourth-order valence-electron chi connectivity index (χ4n) is 2.23. The van der Waals surface area contributed by atoms with E-state index in [-0.39, 0.29) is 11.4 Å². The summed E-state index contributed by atoms with van der Waals surface area (Å²) >= 11 is 0. The van der Waals surface area contributed by atoms with E-state index in [1.807, 2.05) is 32.2 Å². The first-order valence-corrected chi connectivity index (χ1v) is 8.32. The van der Waals surface area contributed by atoms with E-state index < -0.39 is 5.97 Å². The molecular weight excluding hydrogens is 340 g/mol. The highest BCUT2D eigenvalue weighted by molar-refractivity contribution is 5.94. The molecule has 0 saturated heterocycles. The summed E-state index contributed by atoms with van der Waals surface area (Å²) in [4.78, 5) is 15.8. The number of pyridine rings is 1. The number of nitrogens with one attached hydrogen (secondary N) is 1. The molecule has 2 N–H and O–H groups in total. The number of hydrogen-bond acceptors (Lipinski definition) is 4. The summed E-state index contributed by atoms with van der Waals surface area (Å²) in [6, 6.07) is 4.93. The Morgan fingerprint density at radius 3 is 2.70 bits per heavy atom. The summed E-state index contributed by atoms with van der Waals surface area (Å²) in [7, 11) is 0. The van der Waals surface area contributed by atoms with Crippen LogP contribution in [-0.4, -0.2) is 25.8 Å². The number of aryl methyl sites for hydroxylation is 1. The van der Waals surface area contributed by atoms with Crippen molar-refractivity contribution in [1.82, 2.24) is 14.8 Å². The molecule has 6 nitrogen and oxygen atoms in total. The van der Waals surface area contributed by atoms with Crippen molar-refractivity contribution in [2.24, 2.45) is 0 Å². The Morgan fingerprint density at radius 1 is 1.33 bits per heavy atom. The van der Waals surface area contributed by atoms with Crippen molar-refractivity contribution in [3.63, 3.8) is 0 Å². The Hall–Kier alpha value is -3.59. The van der Waals surface area contributed by atoms with Gasteiger partial charge in [-0.3, -0.25) is 0 Å². The molecule has 27 heavy (non-hydrogen) atoms. The minimum absolute atomic E-state index is 0.0827. The molecule has 6 heteroatoms. The first kappa shape index (κ1) is 19.7. The average Bonchev–Trinajstić information content (AvgIpc) is 2.94. The number of aromatic nitrogens is 3. The van der Waals surface area contributed by atoms with Crippen LogP contribution in [0.1, 0.15) is 42.5 Å². The molecule has 2 aromatic rings. The van der Waals surface area contributed by atoms with Gasteiger partial charge < -0.3 is 10.4 Å². The van der Waals surface area contributed by atoms with Crippen molar-refractivity contribution >= 4 is 23.8 Å². The highest BCUT2D eigenvalue weighted by Gasteiger charge is 2.14. The molecule has 2 aromatic heterocycles. The molecule has 2 heterocycles. The summed E-state index contributed by atoms with van der Waals surface area (Å²) in [6.07, 6.45) is 5.64. The molecule has 0 unspecified atom stereocenters. The van der Waals surface area contributed by atoms with E-state index in [1.54, 1.807) is 30.7 Å². The van der Waals surface area contributed by atoms with E-state index >= 15 is 0 Å². The van der Waals surface area contributed by atoms with Gasteiger partial charge in [0.1, 0.15) is 22.9 Å². The lowest BCUT2D eigenvalue weighted by Gasteiger charge is -2.10. The van der Waals surface area contributed by atoms with Crippen LogP contribution in [-0.2, 0) is 0 Å². The minimum atomic E-state index is -1.05. The van der Waals surface area contributed by atoms with E-state index in [9.17, 15) is 9.90 Å². The quantitative estimate of drug-likeness (QED) is 0.588. The maximum absolute atomic E-state index is 11.5. The van der Waals surface area contributed by atoms with Gasteiger partial charge in [0.25, 0.3) is 0 Å². The van der Waals surface area contributed by atoms with Crippen molar-refractivity contribution in [3.8, 4) is 11.8 Å². The van der Waals surface area contributed by atoms with Crippen LogP contribution >= 0.6 is 0 Å². The minimum Gasteiger partial charge on any atom is -0.478 e. The molecule has 0 bridgehead atoms. The van der Waals surface area contributed by atoms with Crippen molar-refractivity contribution < 1.29 is 9.90 Å². The van der Waals surface area contributed by atoms with Crippen molar-refractivity contribution in [1.29, 1.82) is 0 Å².